The molecule has 0 aliphatic rings. The van der Waals surface area contributed by atoms with E-state index in [-0.39, 0.29) is 18.6 Å². The Morgan fingerprint density at radius 1 is 0.727 bits per heavy atom. The van der Waals surface area contributed by atoms with E-state index in [0.717, 1.165) is 34.3 Å². The number of carbonyl (C=O) groups is 6. The topological polar surface area (TPSA) is 231 Å². The molecule has 0 spiro atoms. The Morgan fingerprint density at radius 2 is 1.27 bits per heavy atom. The number of hydrogen-bond acceptors (Lipinski definition) is 7. The molecule has 5 rings (SSSR count). The van der Waals surface area contributed by atoms with Crippen LogP contribution in [0.25, 0.3) is 21.8 Å². The molecule has 2 aromatic carbocycles. The van der Waals surface area contributed by atoms with Crippen LogP contribution in [0.5, 0.6) is 0 Å². The fourth-order valence-corrected chi connectivity index (χ4v) is 6.97. The number of nitrogens with one attached hydrogen (secondary N) is 7. The number of H-pyrrole nitrogens is 3. The molecule has 0 saturated heterocycles. The third-order valence-corrected chi connectivity index (χ3v) is 9.73. The number of benzene rings is 2. The molecule has 3 aromatic heterocycles. The zero-order valence-electron chi connectivity index (χ0n) is 31.3. The Hall–Kier alpha value is -6.25. The van der Waals surface area contributed by atoms with Gasteiger partial charge in [-0.25, -0.2) is 4.98 Å². The Bertz CT molecular complexity index is 2140. The van der Waals surface area contributed by atoms with Gasteiger partial charge in [0.05, 0.1) is 18.4 Å². The summed E-state index contributed by atoms with van der Waals surface area (Å²) in [5.74, 6) is -4.04. The molecule has 15 heteroatoms. The van der Waals surface area contributed by atoms with E-state index in [9.17, 15) is 33.9 Å². The first-order valence-corrected chi connectivity index (χ1v) is 18.2. The molecule has 4 amide bonds. The standard InChI is InChI=1S/C40H48N8O7/c1-5-35(50)40(3,4)18-26(14-24-19-42-30-12-8-6-10-28(24)30)46-37(53)33(16-27-21-41-22-44-27)48-38(54)32(15-25-20-43-31-13-9-7-11-29(25)31)47-39(55)34(17-36(51)52)45-23(2)49/h6-13,19-22,26,32-34,42-43H,5,14-18H2,1-4H3,(H,41,44)(H,45,49)(H,46,53)(H,47,55)(H,48,54)(H,51,52)/t26-,32-,33-,34-/m0/s1. The summed E-state index contributed by atoms with van der Waals surface area (Å²) in [7, 11) is 0. The number of carboxylic acid groups (broad SMARTS) is 1. The number of para-hydroxylation sites is 2. The smallest absolute Gasteiger partial charge is 0.305 e. The van der Waals surface area contributed by atoms with Crippen molar-refractivity contribution in [2.75, 3.05) is 0 Å². The molecule has 5 aromatic rings. The van der Waals surface area contributed by atoms with Crippen LogP contribution in [0.1, 0.15) is 63.8 Å². The van der Waals surface area contributed by atoms with Crippen molar-refractivity contribution < 1.29 is 33.9 Å². The van der Waals surface area contributed by atoms with E-state index in [2.05, 4.69) is 41.2 Å². The number of fused-ring (bicyclic) bond motifs is 2. The van der Waals surface area contributed by atoms with Crippen LogP contribution in [0.2, 0.25) is 0 Å². The molecule has 0 unspecified atom stereocenters. The highest BCUT2D eigenvalue weighted by Gasteiger charge is 2.34. The van der Waals surface area contributed by atoms with E-state index in [1.165, 1.54) is 6.33 Å². The SMILES string of the molecule is CCC(=O)C(C)(C)C[C@H](Cc1c[nH]c2ccccc12)NC(=O)[C@H](Cc1c[nH]cn1)NC(=O)[C@H](Cc1c[nH]c2ccccc12)NC(=O)[C@H](CC(=O)O)NC(C)=O. The average Bonchev–Trinajstić information content (AvgIpc) is 3.91. The van der Waals surface area contributed by atoms with E-state index in [0.29, 0.717) is 30.5 Å². The van der Waals surface area contributed by atoms with Gasteiger partial charge in [-0.15, -0.1) is 0 Å². The molecule has 55 heavy (non-hydrogen) atoms. The monoisotopic (exact) mass is 752 g/mol. The van der Waals surface area contributed by atoms with E-state index in [4.69, 9.17) is 0 Å². The molecule has 290 valence electrons. The van der Waals surface area contributed by atoms with Crippen LogP contribution in [-0.4, -0.2) is 84.6 Å². The maximum absolute atomic E-state index is 14.4. The molecular weight excluding hydrogens is 704 g/mol. The zero-order valence-corrected chi connectivity index (χ0v) is 31.3. The van der Waals surface area contributed by atoms with Crippen molar-refractivity contribution in [2.24, 2.45) is 5.41 Å². The summed E-state index contributed by atoms with van der Waals surface area (Å²) in [6.07, 6.45) is 6.94. The highest BCUT2D eigenvalue weighted by atomic mass is 16.4. The zero-order chi connectivity index (χ0) is 39.7. The van der Waals surface area contributed by atoms with Crippen LogP contribution in [0.15, 0.2) is 73.4 Å². The van der Waals surface area contributed by atoms with Crippen molar-refractivity contribution in [3.63, 3.8) is 0 Å². The fourth-order valence-electron chi connectivity index (χ4n) is 6.97. The molecule has 0 aliphatic carbocycles. The maximum atomic E-state index is 14.4. The number of amides is 4. The van der Waals surface area contributed by atoms with Crippen LogP contribution in [0, 0.1) is 5.41 Å². The van der Waals surface area contributed by atoms with Gasteiger partial charge in [-0.3, -0.25) is 28.8 Å². The van der Waals surface area contributed by atoms with Gasteiger partial charge in [-0.05, 0) is 36.1 Å². The second-order valence-electron chi connectivity index (χ2n) is 14.4. The number of hydrogen-bond donors (Lipinski definition) is 8. The first-order chi connectivity index (χ1) is 26.2. The van der Waals surface area contributed by atoms with Gasteiger partial charge in [0.15, 0.2) is 0 Å². The first kappa shape index (κ1) is 39.9. The van der Waals surface area contributed by atoms with Gasteiger partial charge in [0.1, 0.15) is 23.9 Å². The third kappa shape index (κ3) is 10.5. The Kier molecular flexibility index (Phi) is 12.9. The van der Waals surface area contributed by atoms with Crippen molar-refractivity contribution in [1.82, 2.24) is 41.2 Å². The molecule has 0 radical (unpaired) electrons. The van der Waals surface area contributed by atoms with E-state index < -0.39 is 65.6 Å². The minimum absolute atomic E-state index is 0.0144. The lowest BCUT2D eigenvalue weighted by atomic mass is 9.79. The molecule has 3 heterocycles. The fraction of sp³-hybridized carbons (Fsp3) is 0.375. The number of Topliss-reactive ketones (excluding diaryl/α,β-unsaturated/α-hetero) is 1. The number of carbonyl (C=O) groups excluding carboxylic acids is 5. The molecule has 0 aliphatic heterocycles. The third-order valence-electron chi connectivity index (χ3n) is 9.73. The van der Waals surface area contributed by atoms with Crippen LogP contribution in [-0.2, 0) is 48.0 Å². The summed E-state index contributed by atoms with van der Waals surface area (Å²) in [6.45, 7) is 6.67. The number of aliphatic carboxylic acids is 1. The molecule has 8 N–H and O–H groups in total. The van der Waals surface area contributed by atoms with Crippen LogP contribution in [0.3, 0.4) is 0 Å². The van der Waals surface area contributed by atoms with Crippen molar-refractivity contribution >= 4 is 57.2 Å². The second-order valence-corrected chi connectivity index (χ2v) is 14.4. The van der Waals surface area contributed by atoms with Gasteiger partial charge in [0.2, 0.25) is 23.6 Å². The summed E-state index contributed by atoms with van der Waals surface area (Å²) in [5.41, 5.74) is 3.08. The second kappa shape index (κ2) is 17.7. The number of ketones is 1. The number of carboxylic acids is 1. The molecule has 15 nitrogen and oxygen atoms in total. The van der Waals surface area contributed by atoms with Crippen molar-refractivity contribution in [2.45, 2.75) is 90.4 Å². The number of aromatic nitrogens is 4. The molecule has 0 bridgehead atoms. The predicted octanol–water partition coefficient (Wildman–Crippen LogP) is 3.23. The summed E-state index contributed by atoms with van der Waals surface area (Å²) in [6, 6.07) is 10.7. The van der Waals surface area contributed by atoms with Crippen LogP contribution in [0.4, 0.5) is 0 Å². The quantitative estimate of drug-likeness (QED) is 0.0623. The Labute approximate surface area is 317 Å². The highest BCUT2D eigenvalue weighted by Crippen LogP contribution is 2.28. The summed E-state index contributed by atoms with van der Waals surface area (Å²) in [4.78, 5) is 92.2. The van der Waals surface area contributed by atoms with E-state index >= 15 is 0 Å². The summed E-state index contributed by atoms with van der Waals surface area (Å²) < 4.78 is 0. The van der Waals surface area contributed by atoms with Gasteiger partial charge in [-0.2, -0.15) is 0 Å². The largest absolute Gasteiger partial charge is 0.481 e. The lowest BCUT2D eigenvalue weighted by molar-refractivity contribution is -0.141. The molecular formula is C40H48N8O7. The predicted molar refractivity (Wildman–Crippen MR) is 206 cm³/mol. The first-order valence-electron chi connectivity index (χ1n) is 18.2. The maximum Gasteiger partial charge on any atom is 0.305 e. The number of imidazole rings is 1. The summed E-state index contributed by atoms with van der Waals surface area (Å²) in [5, 5.41) is 22.2. The lowest BCUT2D eigenvalue weighted by Crippen LogP contribution is -2.58. The van der Waals surface area contributed by atoms with Crippen molar-refractivity contribution in [3.05, 3.63) is 90.3 Å². The van der Waals surface area contributed by atoms with Gasteiger partial charge in [0, 0.05) is 78.0 Å². The van der Waals surface area contributed by atoms with E-state index in [1.54, 1.807) is 19.3 Å². The minimum atomic E-state index is -1.46. The highest BCUT2D eigenvalue weighted by molar-refractivity contribution is 5.96. The number of rotatable bonds is 19. The number of nitrogens with zero attached hydrogens (tertiary/aromatic N) is 1. The lowest BCUT2D eigenvalue weighted by Gasteiger charge is -2.31. The van der Waals surface area contributed by atoms with Crippen molar-refractivity contribution in [3.8, 4) is 0 Å². The van der Waals surface area contributed by atoms with Gasteiger partial charge in [-0.1, -0.05) is 57.2 Å². The van der Waals surface area contributed by atoms with Crippen LogP contribution < -0.4 is 21.3 Å². The van der Waals surface area contributed by atoms with Gasteiger partial charge >= 0.3 is 5.97 Å². The van der Waals surface area contributed by atoms with Crippen LogP contribution >= 0.6 is 0 Å². The van der Waals surface area contributed by atoms with Gasteiger partial charge < -0.3 is 41.3 Å². The van der Waals surface area contributed by atoms with Crippen molar-refractivity contribution in [1.29, 1.82) is 0 Å². The number of aromatic amines is 3. The average molecular weight is 753 g/mol. The molecule has 0 fully saturated rings. The minimum Gasteiger partial charge on any atom is -0.481 e. The molecule has 0 saturated carbocycles. The molecule has 4 atom stereocenters. The van der Waals surface area contributed by atoms with E-state index in [1.807, 2.05) is 68.6 Å². The van der Waals surface area contributed by atoms with Gasteiger partial charge in [0.25, 0.3) is 0 Å². The Balaban J connectivity index is 1.45. The Morgan fingerprint density at radius 3 is 1.82 bits per heavy atom. The normalized spacial score (nSPS) is 13.7. The summed E-state index contributed by atoms with van der Waals surface area (Å²) >= 11 is 0.